The zero-order valence-electron chi connectivity index (χ0n) is 20.0. The molecule has 198 valence electrons. The molecule has 2 aliphatic heterocycles. The molecule has 2 heterocycles. The molecule has 0 saturated carbocycles. The number of anilines is 2. The zero-order valence-corrected chi connectivity index (χ0v) is 20.0. The van der Waals surface area contributed by atoms with Gasteiger partial charge in [0.25, 0.3) is 0 Å². The van der Waals surface area contributed by atoms with Gasteiger partial charge in [-0.2, -0.15) is 26.3 Å². The second kappa shape index (κ2) is 9.49. The van der Waals surface area contributed by atoms with Gasteiger partial charge in [0.15, 0.2) is 0 Å². The van der Waals surface area contributed by atoms with Gasteiger partial charge in [-0.05, 0) is 47.7 Å². The summed E-state index contributed by atoms with van der Waals surface area (Å²) in [5.41, 5.74) is -2.80. The molecular weight excluding hydrogens is 510 g/mol. The lowest BCUT2D eigenvalue weighted by Gasteiger charge is -2.30. The maximum atomic E-state index is 14.3. The van der Waals surface area contributed by atoms with Crippen LogP contribution in [0.1, 0.15) is 36.8 Å². The second-order valence-electron chi connectivity index (χ2n) is 9.24. The van der Waals surface area contributed by atoms with E-state index in [1.54, 1.807) is 0 Å². The first-order valence-electron chi connectivity index (χ1n) is 12.1. The number of benzene rings is 3. The van der Waals surface area contributed by atoms with Crippen molar-refractivity contribution in [2.75, 3.05) is 22.9 Å². The van der Waals surface area contributed by atoms with E-state index >= 15 is 0 Å². The fourth-order valence-corrected chi connectivity index (χ4v) is 5.27. The molecule has 0 radical (unpaired) electrons. The Labute approximate surface area is 214 Å². The van der Waals surface area contributed by atoms with Crippen LogP contribution in [0.25, 0.3) is 22.3 Å². The number of amides is 2. The highest BCUT2D eigenvalue weighted by atomic mass is 19.4. The minimum Gasteiger partial charge on any atom is -0.310 e. The van der Waals surface area contributed by atoms with Crippen LogP contribution in [-0.2, 0) is 21.9 Å². The van der Waals surface area contributed by atoms with Crippen LogP contribution < -0.4 is 9.80 Å². The first-order chi connectivity index (χ1) is 18.0. The lowest BCUT2D eigenvalue weighted by Crippen LogP contribution is -2.30. The molecule has 0 N–H and O–H groups in total. The van der Waals surface area contributed by atoms with Crippen molar-refractivity contribution >= 4 is 23.2 Å². The Morgan fingerprint density at radius 1 is 0.579 bits per heavy atom. The second-order valence-corrected chi connectivity index (χ2v) is 9.24. The molecule has 3 aromatic carbocycles. The minimum absolute atomic E-state index is 0.0222. The van der Waals surface area contributed by atoms with Crippen LogP contribution in [0.15, 0.2) is 60.7 Å². The van der Waals surface area contributed by atoms with E-state index < -0.39 is 23.5 Å². The zero-order chi connectivity index (χ0) is 27.2. The summed E-state index contributed by atoms with van der Waals surface area (Å²) in [4.78, 5) is 28.4. The molecule has 3 aromatic rings. The molecule has 38 heavy (non-hydrogen) atoms. The van der Waals surface area contributed by atoms with Gasteiger partial charge < -0.3 is 9.80 Å². The van der Waals surface area contributed by atoms with Crippen molar-refractivity contribution in [3.05, 3.63) is 71.8 Å². The number of hydrogen-bond acceptors (Lipinski definition) is 2. The Hall–Kier alpha value is -3.82. The third-order valence-corrected chi connectivity index (χ3v) is 6.89. The summed E-state index contributed by atoms with van der Waals surface area (Å²) in [5.74, 6) is -0.638. The number of rotatable bonds is 4. The third kappa shape index (κ3) is 4.52. The highest BCUT2D eigenvalue weighted by Gasteiger charge is 2.40. The van der Waals surface area contributed by atoms with E-state index in [1.165, 1.54) is 58.3 Å². The average molecular weight is 532 g/mol. The molecule has 5 rings (SSSR count). The molecule has 0 spiro atoms. The first-order valence-corrected chi connectivity index (χ1v) is 12.1. The van der Waals surface area contributed by atoms with Crippen LogP contribution in [0, 0.1) is 0 Å². The van der Waals surface area contributed by atoms with Gasteiger partial charge >= 0.3 is 12.4 Å². The normalized spacial score (nSPS) is 16.6. The Morgan fingerprint density at radius 3 is 1.61 bits per heavy atom. The third-order valence-electron chi connectivity index (χ3n) is 6.89. The monoisotopic (exact) mass is 532 g/mol. The summed E-state index contributed by atoms with van der Waals surface area (Å²) in [6, 6.07) is 12.0. The lowest BCUT2D eigenvalue weighted by molar-refractivity contribution is -0.138. The van der Waals surface area contributed by atoms with E-state index in [-0.39, 0.29) is 71.4 Å². The van der Waals surface area contributed by atoms with E-state index in [0.717, 1.165) is 12.1 Å². The number of nitrogens with zero attached hydrogens (tertiary/aromatic N) is 2. The molecule has 0 unspecified atom stereocenters. The number of carbonyl (C=O) groups is 2. The van der Waals surface area contributed by atoms with E-state index in [1.807, 2.05) is 0 Å². The molecule has 2 amide bonds. The van der Waals surface area contributed by atoms with Gasteiger partial charge in [0.2, 0.25) is 11.8 Å². The van der Waals surface area contributed by atoms with Gasteiger partial charge in [-0.1, -0.05) is 42.5 Å². The fraction of sp³-hybridized carbons (Fsp3) is 0.286. The predicted molar refractivity (Wildman–Crippen MR) is 130 cm³/mol. The van der Waals surface area contributed by atoms with Gasteiger partial charge in [0.05, 0.1) is 22.5 Å². The highest BCUT2D eigenvalue weighted by Crippen LogP contribution is 2.51. The van der Waals surface area contributed by atoms with Gasteiger partial charge in [0, 0.05) is 31.5 Å². The smallest absolute Gasteiger partial charge is 0.310 e. The molecule has 0 aromatic heterocycles. The molecular formula is C28H22F6N2O2. The molecule has 2 fully saturated rings. The van der Waals surface area contributed by atoms with Gasteiger partial charge in [-0.3, -0.25) is 9.59 Å². The topological polar surface area (TPSA) is 40.6 Å². The summed E-state index contributed by atoms with van der Waals surface area (Å²) in [6.45, 7) is 0.451. The summed E-state index contributed by atoms with van der Waals surface area (Å²) >= 11 is 0. The number of halogens is 6. The van der Waals surface area contributed by atoms with Crippen molar-refractivity contribution in [2.45, 2.75) is 38.0 Å². The van der Waals surface area contributed by atoms with Crippen molar-refractivity contribution < 1.29 is 35.9 Å². The van der Waals surface area contributed by atoms with E-state index in [2.05, 4.69) is 0 Å². The summed E-state index contributed by atoms with van der Waals surface area (Å²) in [6.07, 6.45) is -8.32. The van der Waals surface area contributed by atoms with Gasteiger partial charge in [-0.15, -0.1) is 0 Å². The maximum Gasteiger partial charge on any atom is 0.417 e. The van der Waals surface area contributed by atoms with Crippen LogP contribution >= 0.6 is 0 Å². The summed E-state index contributed by atoms with van der Waals surface area (Å²) in [7, 11) is 0. The number of alkyl halides is 6. The van der Waals surface area contributed by atoms with Crippen molar-refractivity contribution in [1.29, 1.82) is 0 Å². The highest BCUT2D eigenvalue weighted by molar-refractivity contribution is 6.11. The van der Waals surface area contributed by atoms with Crippen molar-refractivity contribution in [3.8, 4) is 22.3 Å². The SMILES string of the molecule is O=C1CCCN1c1ccc(-c2ccccc2C(F)(F)F)c(-c2ccccc2C(F)(F)F)c1N1CCCC1=O. The molecule has 0 bridgehead atoms. The number of carbonyl (C=O) groups excluding carboxylic acids is 2. The van der Waals surface area contributed by atoms with Crippen molar-refractivity contribution in [3.63, 3.8) is 0 Å². The van der Waals surface area contributed by atoms with Crippen LogP contribution in [0.2, 0.25) is 0 Å². The summed E-state index contributed by atoms with van der Waals surface area (Å²) < 4.78 is 85.0. The fourth-order valence-electron chi connectivity index (χ4n) is 5.27. The largest absolute Gasteiger partial charge is 0.417 e. The van der Waals surface area contributed by atoms with Crippen LogP contribution in [0.4, 0.5) is 37.7 Å². The minimum atomic E-state index is -4.83. The molecule has 4 nitrogen and oxygen atoms in total. The molecule has 2 saturated heterocycles. The predicted octanol–water partition coefficient (Wildman–Crippen LogP) is 7.31. The Balaban J connectivity index is 1.93. The van der Waals surface area contributed by atoms with Crippen LogP contribution in [-0.4, -0.2) is 24.9 Å². The lowest BCUT2D eigenvalue weighted by atomic mass is 9.87. The van der Waals surface area contributed by atoms with Crippen LogP contribution in [0.3, 0.4) is 0 Å². The Kier molecular flexibility index (Phi) is 6.44. The standard InChI is InChI=1S/C28H22F6N2O2/c29-27(30,31)20-9-3-1-7-17(20)18-13-14-22(35-15-5-11-23(35)37)26(36-16-6-12-24(36)38)25(18)19-8-2-4-10-21(19)28(32,33)34/h1-4,7-10,13-14H,5-6,11-12,15-16H2. The quantitative estimate of drug-likeness (QED) is 0.331. The molecule has 10 heteroatoms. The van der Waals surface area contributed by atoms with Crippen LogP contribution in [0.5, 0.6) is 0 Å². The van der Waals surface area contributed by atoms with E-state index in [9.17, 15) is 35.9 Å². The Bertz CT molecular complexity index is 1410. The summed E-state index contributed by atoms with van der Waals surface area (Å²) in [5, 5.41) is 0. The average Bonchev–Trinajstić information content (AvgIpc) is 3.49. The Morgan fingerprint density at radius 2 is 1.08 bits per heavy atom. The van der Waals surface area contributed by atoms with Gasteiger partial charge in [0.1, 0.15) is 0 Å². The maximum absolute atomic E-state index is 14.3. The van der Waals surface area contributed by atoms with Crippen molar-refractivity contribution in [1.82, 2.24) is 0 Å². The number of hydrogen-bond donors (Lipinski definition) is 0. The molecule has 0 atom stereocenters. The molecule has 2 aliphatic rings. The molecule has 0 aliphatic carbocycles. The first kappa shape index (κ1) is 25.8. The van der Waals surface area contributed by atoms with Crippen molar-refractivity contribution in [2.24, 2.45) is 0 Å². The van der Waals surface area contributed by atoms with E-state index in [4.69, 9.17) is 0 Å². The van der Waals surface area contributed by atoms with E-state index in [0.29, 0.717) is 12.8 Å². The van der Waals surface area contributed by atoms with Gasteiger partial charge in [-0.25, -0.2) is 0 Å².